The Hall–Kier alpha value is -3.53. The van der Waals surface area contributed by atoms with Crippen LogP contribution < -0.4 is 15.5 Å². The van der Waals surface area contributed by atoms with Gasteiger partial charge < -0.3 is 15.7 Å². The van der Waals surface area contributed by atoms with Crippen molar-refractivity contribution in [2.45, 2.75) is 51.5 Å². The van der Waals surface area contributed by atoms with E-state index < -0.39 is 47.0 Å². The highest BCUT2D eigenvalue weighted by atomic mass is 16.3. The lowest BCUT2D eigenvalue weighted by molar-refractivity contribution is -0.149. The standard InChI is InChI=1S/C28H34N4O6/c1-3-18-19-11-12-20-21(25(36)31(23(20)34)17-7-5-4-6-8-17)22(19)28(2,26(37)30-15-16-9-10-16)32(24(18)35)27(38)29-13-14-33/h4-8,16,20-22,33H,3,9-15H2,1-2H3,(H,29,38)(H,30,37)/t20-,21-,22+,28+/m1/s1. The number of nitrogens with zero attached hydrogens (tertiary/aromatic N) is 2. The molecule has 1 aromatic carbocycles. The molecule has 2 aliphatic heterocycles. The molecule has 10 heteroatoms. The van der Waals surface area contributed by atoms with Crippen molar-refractivity contribution in [3.63, 3.8) is 0 Å². The zero-order valence-corrected chi connectivity index (χ0v) is 21.7. The van der Waals surface area contributed by atoms with Crippen molar-refractivity contribution in [1.29, 1.82) is 0 Å². The second-order valence-electron chi connectivity index (χ2n) is 10.8. The number of urea groups is 1. The molecule has 0 unspecified atom stereocenters. The number of amides is 6. The fourth-order valence-electron chi connectivity index (χ4n) is 6.50. The Kier molecular flexibility index (Phi) is 6.85. The molecule has 38 heavy (non-hydrogen) atoms. The van der Waals surface area contributed by atoms with Crippen LogP contribution in [0.2, 0.25) is 0 Å². The zero-order valence-electron chi connectivity index (χ0n) is 21.7. The summed E-state index contributed by atoms with van der Waals surface area (Å²) in [5.74, 6) is -3.90. The van der Waals surface area contributed by atoms with Crippen molar-refractivity contribution in [2.75, 3.05) is 24.6 Å². The quantitative estimate of drug-likeness (QED) is 0.467. The summed E-state index contributed by atoms with van der Waals surface area (Å²) < 4.78 is 0. The van der Waals surface area contributed by atoms with Gasteiger partial charge in [0.2, 0.25) is 17.7 Å². The van der Waals surface area contributed by atoms with Crippen LogP contribution in [-0.2, 0) is 19.2 Å². The number of carbonyl (C=O) groups excluding carboxylic acids is 5. The van der Waals surface area contributed by atoms with Gasteiger partial charge in [0.25, 0.3) is 5.91 Å². The third-order valence-electron chi connectivity index (χ3n) is 8.52. The molecule has 4 atom stereocenters. The smallest absolute Gasteiger partial charge is 0.325 e. The van der Waals surface area contributed by atoms with E-state index in [1.807, 2.05) is 0 Å². The van der Waals surface area contributed by atoms with Crippen molar-refractivity contribution in [3.05, 3.63) is 41.5 Å². The minimum atomic E-state index is -1.74. The van der Waals surface area contributed by atoms with Gasteiger partial charge in [-0.2, -0.15) is 0 Å². The van der Waals surface area contributed by atoms with E-state index in [0.29, 0.717) is 48.6 Å². The first-order valence-electron chi connectivity index (χ1n) is 13.4. The molecule has 5 rings (SSSR count). The first-order chi connectivity index (χ1) is 18.2. The van der Waals surface area contributed by atoms with Gasteiger partial charge in [-0.1, -0.05) is 30.7 Å². The molecule has 0 spiro atoms. The van der Waals surface area contributed by atoms with E-state index in [0.717, 1.165) is 17.7 Å². The number of aliphatic hydroxyl groups excluding tert-OH is 1. The predicted octanol–water partition coefficient (Wildman–Crippen LogP) is 1.74. The Morgan fingerprint density at radius 3 is 2.39 bits per heavy atom. The van der Waals surface area contributed by atoms with Gasteiger partial charge in [-0.15, -0.1) is 0 Å². The average molecular weight is 523 g/mol. The van der Waals surface area contributed by atoms with E-state index in [4.69, 9.17) is 0 Å². The minimum Gasteiger partial charge on any atom is -0.395 e. The molecule has 0 bridgehead atoms. The summed E-state index contributed by atoms with van der Waals surface area (Å²) in [7, 11) is 0. The van der Waals surface area contributed by atoms with Crippen LogP contribution in [0.5, 0.6) is 0 Å². The summed E-state index contributed by atoms with van der Waals surface area (Å²) in [6.45, 7) is 3.32. The van der Waals surface area contributed by atoms with Crippen molar-refractivity contribution < 1.29 is 29.1 Å². The van der Waals surface area contributed by atoms with Gasteiger partial charge in [0, 0.05) is 24.6 Å². The molecule has 2 heterocycles. The van der Waals surface area contributed by atoms with E-state index in [1.165, 1.54) is 11.8 Å². The number of fused-ring (bicyclic) bond motifs is 3. The maximum atomic E-state index is 14.0. The van der Waals surface area contributed by atoms with Crippen LogP contribution in [0.15, 0.2) is 41.5 Å². The van der Waals surface area contributed by atoms with Crippen LogP contribution >= 0.6 is 0 Å². The van der Waals surface area contributed by atoms with Gasteiger partial charge in [0.1, 0.15) is 5.54 Å². The molecule has 3 fully saturated rings. The van der Waals surface area contributed by atoms with Crippen LogP contribution in [0.1, 0.15) is 46.0 Å². The normalized spacial score (nSPS) is 28.8. The Morgan fingerprint density at radius 2 is 1.76 bits per heavy atom. The van der Waals surface area contributed by atoms with Crippen LogP contribution in [-0.4, -0.2) is 64.9 Å². The molecule has 3 N–H and O–H groups in total. The predicted molar refractivity (Wildman–Crippen MR) is 137 cm³/mol. The number of benzene rings is 1. The molecule has 10 nitrogen and oxygen atoms in total. The number of para-hydroxylation sites is 1. The number of rotatable bonds is 7. The lowest BCUT2D eigenvalue weighted by atomic mass is 9.59. The highest BCUT2D eigenvalue weighted by molar-refractivity contribution is 6.23. The number of hydrogen-bond donors (Lipinski definition) is 3. The van der Waals surface area contributed by atoms with Gasteiger partial charge in [-0.05, 0) is 57.1 Å². The number of hydrogen-bond acceptors (Lipinski definition) is 6. The average Bonchev–Trinajstić information content (AvgIpc) is 3.71. The van der Waals surface area contributed by atoms with Gasteiger partial charge in [0.05, 0.1) is 24.1 Å². The molecular formula is C28H34N4O6. The minimum absolute atomic E-state index is 0.101. The zero-order chi connectivity index (χ0) is 27.2. The Balaban J connectivity index is 1.64. The van der Waals surface area contributed by atoms with Crippen molar-refractivity contribution in [1.82, 2.24) is 15.5 Å². The molecule has 0 aromatic heterocycles. The van der Waals surface area contributed by atoms with Crippen LogP contribution in [0.25, 0.3) is 0 Å². The van der Waals surface area contributed by atoms with Gasteiger partial charge >= 0.3 is 6.03 Å². The summed E-state index contributed by atoms with van der Waals surface area (Å²) >= 11 is 0. The van der Waals surface area contributed by atoms with E-state index in [1.54, 1.807) is 37.3 Å². The maximum Gasteiger partial charge on any atom is 0.325 e. The van der Waals surface area contributed by atoms with E-state index >= 15 is 0 Å². The second kappa shape index (κ2) is 9.98. The number of anilines is 1. The highest BCUT2D eigenvalue weighted by Gasteiger charge is 2.66. The van der Waals surface area contributed by atoms with E-state index in [9.17, 15) is 29.1 Å². The lowest BCUT2D eigenvalue weighted by Gasteiger charge is -2.52. The number of imide groups is 2. The van der Waals surface area contributed by atoms with Crippen LogP contribution in [0.4, 0.5) is 10.5 Å². The first-order valence-corrected chi connectivity index (χ1v) is 13.4. The lowest BCUT2D eigenvalue weighted by Crippen LogP contribution is -2.71. The Labute approximate surface area is 221 Å². The third-order valence-corrected chi connectivity index (χ3v) is 8.52. The summed E-state index contributed by atoms with van der Waals surface area (Å²) in [6.07, 6.45) is 3.08. The van der Waals surface area contributed by atoms with Crippen molar-refractivity contribution >= 4 is 35.3 Å². The Bertz CT molecular complexity index is 1210. The molecule has 4 aliphatic rings. The SMILES string of the molecule is CCC1=C2CC[C@H]3C(=O)N(c4ccccc4)C(=O)[C@H]3[C@H]2[C@@](C)(C(=O)NCC2CC2)N(C(=O)NCCO)C1=O. The topological polar surface area (TPSA) is 136 Å². The van der Waals surface area contributed by atoms with Crippen LogP contribution in [0, 0.1) is 23.7 Å². The molecule has 1 saturated heterocycles. The van der Waals surface area contributed by atoms with Crippen LogP contribution in [0.3, 0.4) is 0 Å². The van der Waals surface area contributed by atoms with Crippen molar-refractivity contribution in [3.8, 4) is 0 Å². The summed E-state index contributed by atoms with van der Waals surface area (Å²) in [4.78, 5) is 71.0. The van der Waals surface area contributed by atoms with Crippen molar-refractivity contribution in [2.24, 2.45) is 23.7 Å². The van der Waals surface area contributed by atoms with E-state index in [2.05, 4.69) is 10.6 Å². The fourth-order valence-corrected chi connectivity index (χ4v) is 6.50. The Morgan fingerprint density at radius 1 is 1.05 bits per heavy atom. The van der Waals surface area contributed by atoms with E-state index in [-0.39, 0.29) is 19.1 Å². The molecule has 2 saturated carbocycles. The molecular weight excluding hydrogens is 488 g/mol. The molecule has 0 radical (unpaired) electrons. The largest absolute Gasteiger partial charge is 0.395 e. The number of nitrogens with one attached hydrogen (secondary N) is 2. The summed E-state index contributed by atoms with van der Waals surface area (Å²) in [5.41, 5.74) is -0.197. The highest BCUT2D eigenvalue weighted by Crippen LogP contribution is 2.54. The maximum absolute atomic E-state index is 14.0. The molecule has 2 aliphatic carbocycles. The molecule has 6 amide bonds. The second-order valence-corrected chi connectivity index (χ2v) is 10.8. The summed E-state index contributed by atoms with van der Waals surface area (Å²) in [5, 5.41) is 14.7. The molecule has 1 aromatic rings. The van der Waals surface area contributed by atoms with Gasteiger partial charge in [0.15, 0.2) is 0 Å². The number of aliphatic hydroxyl groups is 1. The fraction of sp³-hybridized carbons (Fsp3) is 0.536. The monoisotopic (exact) mass is 522 g/mol. The molecule has 202 valence electrons. The number of carbonyl (C=O) groups is 5. The first kappa shape index (κ1) is 26.1. The van der Waals surface area contributed by atoms with Gasteiger partial charge in [-0.3, -0.25) is 24.1 Å². The summed E-state index contributed by atoms with van der Waals surface area (Å²) in [6, 6.07) is 7.88. The third kappa shape index (κ3) is 4.02. The van der Waals surface area contributed by atoms with Gasteiger partial charge in [-0.25, -0.2) is 9.69 Å².